The van der Waals surface area contributed by atoms with Gasteiger partial charge in [-0.2, -0.15) is 0 Å². The van der Waals surface area contributed by atoms with Crippen LogP contribution in [0.1, 0.15) is 97.0 Å². The van der Waals surface area contributed by atoms with Crippen molar-refractivity contribution >= 4 is 51.7 Å². The summed E-state index contributed by atoms with van der Waals surface area (Å²) in [6, 6.07) is 4.02. The number of aromatic amines is 1. The van der Waals surface area contributed by atoms with Crippen molar-refractivity contribution in [3.05, 3.63) is 28.9 Å². The Balaban J connectivity index is 1.83. The van der Waals surface area contributed by atoms with E-state index < -0.39 is 41.6 Å². The van der Waals surface area contributed by atoms with Crippen LogP contribution in [0.3, 0.4) is 0 Å². The number of carbonyl (C=O) groups excluding carboxylic acids is 5. The maximum atomic E-state index is 13.8. The van der Waals surface area contributed by atoms with Crippen LogP contribution in [0.2, 0.25) is 5.02 Å². The Morgan fingerprint density at radius 2 is 1.77 bits per heavy atom. The van der Waals surface area contributed by atoms with Gasteiger partial charge in [-0.1, -0.05) is 38.8 Å². The number of hydrogen-bond acceptors (Lipinski definition) is 7. The third kappa shape index (κ3) is 9.65. The van der Waals surface area contributed by atoms with E-state index in [-0.39, 0.29) is 35.7 Å². The zero-order chi connectivity index (χ0) is 32.1. The number of fused-ring (bicyclic) bond motifs is 1. The van der Waals surface area contributed by atoms with Crippen molar-refractivity contribution < 1.29 is 33.4 Å². The van der Waals surface area contributed by atoms with Crippen LogP contribution in [0.5, 0.6) is 5.75 Å². The Labute approximate surface area is 258 Å². The average Bonchev–Trinajstić information content (AvgIpc) is 3.34. The summed E-state index contributed by atoms with van der Waals surface area (Å²) in [6.07, 6.45) is 3.17. The number of rotatable bonds is 12. The van der Waals surface area contributed by atoms with Gasteiger partial charge >= 0.3 is 5.97 Å². The highest BCUT2D eigenvalue weighted by Gasteiger charge is 2.35. The number of ketones is 3. The number of halogens is 1. The number of H-pyrrole nitrogens is 1. The highest BCUT2D eigenvalue weighted by molar-refractivity contribution is 6.31. The summed E-state index contributed by atoms with van der Waals surface area (Å²) in [7, 11) is 1.52. The van der Waals surface area contributed by atoms with Crippen LogP contribution < -0.4 is 10.1 Å². The minimum Gasteiger partial charge on any atom is -0.496 e. The van der Waals surface area contributed by atoms with Gasteiger partial charge in [0.1, 0.15) is 11.5 Å². The highest BCUT2D eigenvalue weighted by atomic mass is 35.5. The zero-order valence-corrected chi connectivity index (χ0v) is 27.1. The van der Waals surface area contributed by atoms with Crippen molar-refractivity contribution in [2.45, 2.75) is 92.5 Å². The van der Waals surface area contributed by atoms with Crippen molar-refractivity contribution in [1.29, 1.82) is 0 Å². The van der Waals surface area contributed by atoms with Gasteiger partial charge in [-0.3, -0.25) is 24.0 Å². The van der Waals surface area contributed by atoms with Crippen molar-refractivity contribution in [2.75, 3.05) is 13.7 Å². The topological polar surface area (TPSA) is 132 Å². The molecule has 0 aliphatic heterocycles. The fraction of sp³-hybridized carbons (Fsp3) is 0.606. The van der Waals surface area contributed by atoms with Crippen molar-refractivity contribution in [2.24, 2.45) is 22.7 Å². The summed E-state index contributed by atoms with van der Waals surface area (Å²) >= 11 is 6.19. The van der Waals surface area contributed by atoms with Gasteiger partial charge in [0, 0.05) is 35.1 Å². The van der Waals surface area contributed by atoms with Crippen LogP contribution in [0.25, 0.3) is 10.9 Å². The molecular formula is C33H45ClN2O7. The third-order valence-electron chi connectivity index (χ3n) is 7.71. The standard InChI is InChI=1S/C33H45ClN2O7/c1-32(2,3)17-20(13-27(38)25-16-22-23(35-25)14-21(34)15-29(22)42-7)30(40)36-24(12-19-10-8-9-11-26(19)37)28(39)18-43-31(41)33(4,5)6/h14-16,19-20,24,35H,8-13,17-18H2,1-7H3,(H,36,40)/t19-,20-,24-/m0/s1. The Morgan fingerprint density at radius 3 is 2.37 bits per heavy atom. The van der Waals surface area contributed by atoms with Gasteiger partial charge in [0.05, 0.1) is 29.8 Å². The second-order valence-corrected chi connectivity index (χ2v) is 14.3. The molecule has 0 radical (unpaired) electrons. The monoisotopic (exact) mass is 616 g/mol. The van der Waals surface area contributed by atoms with Crippen LogP contribution in [-0.4, -0.2) is 54.0 Å². The zero-order valence-electron chi connectivity index (χ0n) is 26.4. The number of aromatic nitrogens is 1. The molecule has 2 aromatic rings. The summed E-state index contributed by atoms with van der Waals surface area (Å²) in [5, 5.41) is 4.00. The van der Waals surface area contributed by atoms with Crippen LogP contribution in [0.15, 0.2) is 18.2 Å². The molecule has 3 rings (SSSR count). The summed E-state index contributed by atoms with van der Waals surface area (Å²) in [6.45, 7) is 10.5. The molecule has 1 fully saturated rings. The van der Waals surface area contributed by atoms with E-state index in [1.165, 1.54) is 7.11 Å². The number of Topliss-reactive ketones (excluding diaryl/α,β-unsaturated/α-hetero) is 3. The highest BCUT2D eigenvalue weighted by Crippen LogP contribution is 2.33. The van der Waals surface area contributed by atoms with E-state index in [0.717, 1.165) is 12.8 Å². The Hall–Kier alpha value is -3.20. The number of esters is 1. The predicted molar refractivity (Wildman–Crippen MR) is 165 cm³/mol. The van der Waals surface area contributed by atoms with E-state index in [9.17, 15) is 24.0 Å². The van der Waals surface area contributed by atoms with Crippen molar-refractivity contribution in [1.82, 2.24) is 10.3 Å². The molecule has 0 spiro atoms. The largest absolute Gasteiger partial charge is 0.496 e. The number of ether oxygens (including phenoxy) is 2. The van der Waals surface area contributed by atoms with Crippen LogP contribution >= 0.6 is 11.6 Å². The number of nitrogens with one attached hydrogen (secondary N) is 2. The molecule has 43 heavy (non-hydrogen) atoms. The molecule has 0 bridgehead atoms. The van der Waals surface area contributed by atoms with Crippen LogP contribution in [0.4, 0.5) is 0 Å². The normalized spacial score (nSPS) is 17.3. The van der Waals surface area contributed by atoms with Crippen molar-refractivity contribution in [3.8, 4) is 5.75 Å². The number of benzene rings is 1. The van der Waals surface area contributed by atoms with Gasteiger partial charge < -0.3 is 19.8 Å². The van der Waals surface area contributed by atoms with E-state index >= 15 is 0 Å². The lowest BCUT2D eigenvalue weighted by Gasteiger charge is -2.29. The molecule has 1 aromatic carbocycles. The first-order chi connectivity index (χ1) is 20.0. The molecule has 1 aliphatic rings. The van der Waals surface area contributed by atoms with Crippen LogP contribution in [-0.2, 0) is 23.9 Å². The first-order valence-corrected chi connectivity index (χ1v) is 15.3. The quantitative estimate of drug-likeness (QED) is 0.213. The molecule has 1 heterocycles. The van der Waals surface area contributed by atoms with E-state index in [4.69, 9.17) is 21.1 Å². The maximum absolute atomic E-state index is 13.8. The maximum Gasteiger partial charge on any atom is 0.311 e. The fourth-order valence-electron chi connectivity index (χ4n) is 5.42. The average molecular weight is 617 g/mol. The minimum atomic E-state index is -1.02. The predicted octanol–water partition coefficient (Wildman–Crippen LogP) is 6.25. The van der Waals surface area contributed by atoms with E-state index in [1.807, 2.05) is 20.8 Å². The molecule has 0 unspecified atom stereocenters. The third-order valence-corrected chi connectivity index (χ3v) is 7.93. The molecule has 1 aliphatic carbocycles. The number of methoxy groups -OCH3 is 1. The second kappa shape index (κ2) is 14.1. The second-order valence-electron chi connectivity index (χ2n) is 13.8. The summed E-state index contributed by atoms with van der Waals surface area (Å²) in [4.78, 5) is 68.7. The van der Waals surface area contributed by atoms with Gasteiger partial charge in [-0.25, -0.2) is 0 Å². The lowest BCUT2D eigenvalue weighted by atomic mass is 9.80. The lowest BCUT2D eigenvalue weighted by Crippen LogP contribution is -2.48. The molecule has 1 amide bonds. The molecule has 1 aromatic heterocycles. The van der Waals surface area contributed by atoms with E-state index in [1.54, 1.807) is 39.0 Å². The first kappa shape index (κ1) is 34.3. The molecule has 2 N–H and O–H groups in total. The molecule has 10 heteroatoms. The molecular weight excluding hydrogens is 572 g/mol. The molecule has 1 saturated carbocycles. The van der Waals surface area contributed by atoms with Crippen molar-refractivity contribution in [3.63, 3.8) is 0 Å². The Kier molecular flexibility index (Phi) is 11.2. The van der Waals surface area contributed by atoms with Crippen LogP contribution in [0, 0.1) is 22.7 Å². The summed E-state index contributed by atoms with van der Waals surface area (Å²) in [5.41, 5.74) is -0.149. The first-order valence-electron chi connectivity index (χ1n) is 14.9. The SMILES string of the molecule is COc1cc(Cl)cc2[nH]c(C(=O)C[C@@H](CC(C)(C)C)C(=O)N[C@@H](C[C@@H]3CCCCC3=O)C(=O)COC(=O)C(C)(C)C)cc12. The van der Waals surface area contributed by atoms with Gasteiger partial charge in [-0.05, 0) is 70.1 Å². The van der Waals surface area contributed by atoms with E-state index in [2.05, 4.69) is 10.3 Å². The lowest BCUT2D eigenvalue weighted by molar-refractivity contribution is -0.156. The Morgan fingerprint density at radius 1 is 1.07 bits per heavy atom. The number of amides is 1. The summed E-state index contributed by atoms with van der Waals surface area (Å²) in [5.74, 6) is -2.27. The number of carbonyl (C=O) groups is 5. The smallest absolute Gasteiger partial charge is 0.311 e. The molecule has 9 nitrogen and oxygen atoms in total. The molecule has 0 saturated heterocycles. The van der Waals surface area contributed by atoms with Gasteiger partial charge in [0.2, 0.25) is 5.91 Å². The van der Waals surface area contributed by atoms with Gasteiger partial charge in [-0.15, -0.1) is 0 Å². The Bertz CT molecular complexity index is 1370. The minimum absolute atomic E-state index is 0.0701. The van der Waals surface area contributed by atoms with E-state index in [0.29, 0.717) is 46.6 Å². The summed E-state index contributed by atoms with van der Waals surface area (Å²) < 4.78 is 10.7. The number of hydrogen-bond donors (Lipinski definition) is 2. The van der Waals surface area contributed by atoms with Gasteiger partial charge in [0.25, 0.3) is 0 Å². The molecule has 236 valence electrons. The van der Waals surface area contributed by atoms with Gasteiger partial charge in [0.15, 0.2) is 18.2 Å². The fourth-order valence-corrected chi connectivity index (χ4v) is 5.63. The molecule has 3 atom stereocenters.